The minimum Gasteiger partial charge on any atom is -0.479 e. The van der Waals surface area contributed by atoms with Gasteiger partial charge in [0.1, 0.15) is 18.8 Å². The molecule has 12 heteroatoms. The van der Waals surface area contributed by atoms with Gasteiger partial charge in [0.2, 0.25) is 0 Å². The lowest BCUT2D eigenvalue weighted by Gasteiger charge is -2.40. The van der Waals surface area contributed by atoms with E-state index in [0.717, 1.165) is 128 Å². The van der Waals surface area contributed by atoms with Gasteiger partial charge >= 0.3 is 23.9 Å². The summed E-state index contributed by atoms with van der Waals surface area (Å²) >= 11 is 0. The largest absolute Gasteiger partial charge is 0.479 e. The van der Waals surface area contributed by atoms with Crippen molar-refractivity contribution in [2.75, 3.05) is 13.2 Å². The molecule has 6 unspecified atom stereocenters. The zero-order chi connectivity index (χ0) is 53.3. The van der Waals surface area contributed by atoms with E-state index in [-0.39, 0.29) is 25.9 Å². The third-order valence-corrected chi connectivity index (χ3v) is 13.0. The van der Waals surface area contributed by atoms with Crippen molar-refractivity contribution in [1.29, 1.82) is 0 Å². The predicted octanol–water partition coefficient (Wildman–Crippen LogP) is 14.8. The van der Waals surface area contributed by atoms with Gasteiger partial charge < -0.3 is 39.0 Å². The Hall–Kier alpha value is -3.58. The van der Waals surface area contributed by atoms with Crippen LogP contribution in [0.4, 0.5) is 0 Å². The summed E-state index contributed by atoms with van der Waals surface area (Å²) in [5.41, 5.74) is 0. The number of hydrogen-bond acceptors (Lipinski definition) is 11. The van der Waals surface area contributed by atoms with Crippen molar-refractivity contribution in [3.05, 3.63) is 60.8 Å². The van der Waals surface area contributed by atoms with Gasteiger partial charge in [-0.15, -0.1) is 0 Å². The number of aliphatic carboxylic acids is 1. The lowest BCUT2D eigenvalue weighted by atomic mass is 9.98. The Balaban J connectivity index is 2.70. The summed E-state index contributed by atoms with van der Waals surface area (Å²) in [4.78, 5) is 51.0. The minimum absolute atomic E-state index is 0.0475. The number of allylic oxidation sites excluding steroid dienone is 10. The monoisotopic (exact) mass is 1030 g/mol. The summed E-state index contributed by atoms with van der Waals surface area (Å²) in [6.07, 6.45) is 47.6. The number of unbranched alkanes of at least 4 members (excludes halogenated alkanes) is 25. The number of aliphatic hydroxyl groups excluding tert-OH is 2. The normalized spacial score (nSPS) is 18.7. The summed E-state index contributed by atoms with van der Waals surface area (Å²) in [5, 5.41) is 31.4. The van der Waals surface area contributed by atoms with Crippen LogP contribution in [0.5, 0.6) is 0 Å². The van der Waals surface area contributed by atoms with E-state index in [0.29, 0.717) is 19.3 Å². The molecule has 0 bridgehead atoms. The van der Waals surface area contributed by atoms with Crippen LogP contribution in [0.2, 0.25) is 0 Å². The topological polar surface area (TPSA) is 175 Å². The van der Waals surface area contributed by atoms with Gasteiger partial charge in [0.25, 0.3) is 0 Å². The quantitative estimate of drug-likeness (QED) is 0.0228. The van der Waals surface area contributed by atoms with Crippen molar-refractivity contribution in [3.63, 3.8) is 0 Å². The highest BCUT2D eigenvalue weighted by atomic mass is 16.7. The second-order valence-corrected chi connectivity index (χ2v) is 19.9. The molecule has 3 N–H and O–H groups in total. The van der Waals surface area contributed by atoms with Gasteiger partial charge in [-0.1, -0.05) is 191 Å². The lowest BCUT2D eigenvalue weighted by molar-refractivity contribution is -0.301. The number of hydrogen-bond donors (Lipinski definition) is 3. The van der Waals surface area contributed by atoms with Gasteiger partial charge in [-0.05, 0) is 103 Å². The van der Waals surface area contributed by atoms with E-state index < -0.39 is 67.3 Å². The van der Waals surface area contributed by atoms with Crippen LogP contribution in [0.1, 0.15) is 252 Å². The Kier molecular flexibility index (Phi) is 45.5. The molecule has 6 atom stereocenters. The van der Waals surface area contributed by atoms with E-state index in [1.807, 2.05) is 0 Å². The molecule has 1 fully saturated rings. The third-order valence-electron chi connectivity index (χ3n) is 13.0. The molecule has 0 radical (unpaired) electrons. The minimum atomic E-state index is -1.91. The number of carbonyl (C=O) groups is 4. The molecule has 1 rings (SSSR count). The number of ether oxygens (including phenoxy) is 5. The third kappa shape index (κ3) is 39.5. The Morgan fingerprint density at radius 1 is 0.452 bits per heavy atom. The first-order chi connectivity index (χ1) is 35.6. The molecule has 1 saturated heterocycles. The van der Waals surface area contributed by atoms with Gasteiger partial charge in [0, 0.05) is 19.3 Å². The van der Waals surface area contributed by atoms with Crippen molar-refractivity contribution < 1.29 is 58.2 Å². The van der Waals surface area contributed by atoms with E-state index in [4.69, 9.17) is 23.7 Å². The van der Waals surface area contributed by atoms with Crippen molar-refractivity contribution in [3.8, 4) is 0 Å². The maximum Gasteiger partial charge on any atom is 0.335 e. The molecule has 1 aliphatic rings. The average molecular weight is 1030 g/mol. The number of aliphatic hydroxyl groups is 2. The zero-order valence-electron chi connectivity index (χ0n) is 46.1. The Morgan fingerprint density at radius 2 is 0.849 bits per heavy atom. The molecule has 1 aliphatic heterocycles. The van der Waals surface area contributed by atoms with E-state index >= 15 is 0 Å². The number of esters is 3. The van der Waals surface area contributed by atoms with E-state index in [9.17, 15) is 34.5 Å². The smallest absolute Gasteiger partial charge is 0.335 e. The van der Waals surface area contributed by atoms with Crippen LogP contribution in [0.15, 0.2) is 60.8 Å². The van der Waals surface area contributed by atoms with E-state index in [2.05, 4.69) is 81.5 Å². The molecule has 0 saturated carbocycles. The predicted molar refractivity (Wildman–Crippen MR) is 294 cm³/mol. The maximum absolute atomic E-state index is 13.1. The van der Waals surface area contributed by atoms with Crippen molar-refractivity contribution >= 4 is 23.9 Å². The molecule has 0 spiro atoms. The second-order valence-electron chi connectivity index (χ2n) is 19.9. The molecule has 420 valence electrons. The van der Waals surface area contributed by atoms with Crippen LogP contribution >= 0.6 is 0 Å². The molecule has 0 amide bonds. The van der Waals surface area contributed by atoms with Gasteiger partial charge in [-0.2, -0.15) is 0 Å². The highest BCUT2D eigenvalue weighted by Crippen LogP contribution is 2.26. The maximum atomic E-state index is 13.1. The Bertz CT molecular complexity index is 1500. The summed E-state index contributed by atoms with van der Waals surface area (Å²) in [6, 6.07) is 0. The molecule has 12 nitrogen and oxygen atoms in total. The SMILES string of the molecule is CCC/C=C\C/C=C\CCCCCCCC(=O)OC(COC(=O)CCCCCCCCC/C=C\C/C=C\CCCCC)COC1OC(C(=O)O)C(O)C(O)C1OC(=O)CCCCCCC/C=C\CCCCCC. The second kappa shape index (κ2) is 49.3. The van der Waals surface area contributed by atoms with Crippen LogP contribution in [-0.2, 0) is 42.9 Å². The highest BCUT2D eigenvalue weighted by molar-refractivity contribution is 5.74. The number of carboxylic acids is 1. The van der Waals surface area contributed by atoms with Crippen LogP contribution in [0.3, 0.4) is 0 Å². The molecule has 1 heterocycles. The zero-order valence-corrected chi connectivity index (χ0v) is 46.1. The average Bonchev–Trinajstić information content (AvgIpc) is 3.37. The molecular formula is C61H104O12. The Labute approximate surface area is 443 Å². The fourth-order valence-electron chi connectivity index (χ4n) is 8.49. The van der Waals surface area contributed by atoms with Crippen LogP contribution in [0, 0.1) is 0 Å². The molecular weight excluding hydrogens is 925 g/mol. The molecule has 0 aromatic rings. The van der Waals surface area contributed by atoms with E-state index in [1.165, 1.54) is 64.2 Å². The van der Waals surface area contributed by atoms with Crippen LogP contribution in [0.25, 0.3) is 0 Å². The highest BCUT2D eigenvalue weighted by Gasteiger charge is 2.50. The van der Waals surface area contributed by atoms with Gasteiger partial charge in [-0.3, -0.25) is 14.4 Å². The summed E-state index contributed by atoms with van der Waals surface area (Å²) in [5.74, 6) is -3.15. The summed E-state index contributed by atoms with van der Waals surface area (Å²) in [7, 11) is 0. The fourth-order valence-corrected chi connectivity index (χ4v) is 8.49. The number of carbonyl (C=O) groups excluding carboxylic acids is 3. The first kappa shape index (κ1) is 67.4. The van der Waals surface area contributed by atoms with Crippen molar-refractivity contribution in [1.82, 2.24) is 0 Å². The molecule has 73 heavy (non-hydrogen) atoms. The van der Waals surface area contributed by atoms with Gasteiger partial charge in [-0.25, -0.2) is 4.79 Å². The first-order valence-electron chi connectivity index (χ1n) is 29.3. The fraction of sp³-hybridized carbons (Fsp3) is 0.770. The lowest BCUT2D eigenvalue weighted by Crippen LogP contribution is -2.61. The van der Waals surface area contributed by atoms with Crippen molar-refractivity contribution in [2.45, 2.75) is 289 Å². The standard InChI is InChI=1S/C61H104O12/c1-4-7-10-13-16-19-22-25-26-27-28-31-32-35-38-41-44-47-53(62)69-50-52(71-54(63)48-45-42-39-36-33-29-23-20-17-14-11-8-5-2)51-70-61-59(57(66)56(65)58(73-61)60(67)68)72-55(64)49-46-43-40-37-34-30-24-21-18-15-12-9-6-3/h11,14,16,19-21,23-26,52,56-59,61,65-66H,4-10,12-13,15,17-18,22,27-51H2,1-3H3,(H,67,68)/b14-11-,19-16-,23-20-,24-21-,26-25-. The van der Waals surface area contributed by atoms with Gasteiger partial charge in [0.15, 0.2) is 24.6 Å². The molecule has 0 aliphatic carbocycles. The summed E-state index contributed by atoms with van der Waals surface area (Å²) < 4.78 is 28.4. The molecule has 0 aromatic carbocycles. The Morgan fingerprint density at radius 3 is 1.33 bits per heavy atom. The molecule has 0 aromatic heterocycles. The van der Waals surface area contributed by atoms with E-state index in [1.54, 1.807) is 0 Å². The first-order valence-corrected chi connectivity index (χ1v) is 29.3. The van der Waals surface area contributed by atoms with Crippen molar-refractivity contribution in [2.24, 2.45) is 0 Å². The number of rotatable bonds is 49. The van der Waals surface area contributed by atoms with Crippen LogP contribution in [-0.4, -0.2) is 89.2 Å². The van der Waals surface area contributed by atoms with Crippen LogP contribution < -0.4 is 0 Å². The number of carboxylic acid groups (broad SMARTS) is 1. The van der Waals surface area contributed by atoms with Gasteiger partial charge in [0.05, 0.1) is 6.61 Å². The summed E-state index contributed by atoms with van der Waals surface area (Å²) in [6.45, 7) is 5.86.